The molecule has 0 unspecified atom stereocenters. The minimum absolute atomic E-state index is 0.0255. The lowest BCUT2D eigenvalue weighted by molar-refractivity contribution is -0.387. The van der Waals surface area contributed by atoms with Crippen molar-refractivity contribution in [3.63, 3.8) is 0 Å². The van der Waals surface area contributed by atoms with Crippen molar-refractivity contribution < 1.29 is 18.4 Å². The van der Waals surface area contributed by atoms with Crippen LogP contribution in [0.15, 0.2) is 18.2 Å². The summed E-state index contributed by atoms with van der Waals surface area (Å²) in [6, 6.07) is 4.31. The van der Waals surface area contributed by atoms with Crippen LogP contribution in [0.1, 0.15) is 18.4 Å². The van der Waals surface area contributed by atoms with Crippen molar-refractivity contribution in [1.29, 1.82) is 0 Å². The number of hydrogen-bond donors (Lipinski definition) is 1. The van der Waals surface area contributed by atoms with Crippen molar-refractivity contribution in [2.24, 2.45) is 5.73 Å². The Balaban J connectivity index is 2.49. The van der Waals surface area contributed by atoms with Gasteiger partial charge in [-0.2, -0.15) is 0 Å². The lowest BCUT2D eigenvalue weighted by Crippen LogP contribution is -2.55. The van der Waals surface area contributed by atoms with Crippen molar-refractivity contribution >= 4 is 5.69 Å². The molecule has 0 radical (unpaired) electrons. The average molecular weight is 258 g/mol. The van der Waals surface area contributed by atoms with Crippen LogP contribution in [0.4, 0.5) is 14.5 Å². The molecule has 0 aromatic heterocycles. The van der Waals surface area contributed by atoms with Crippen LogP contribution in [0, 0.1) is 10.1 Å². The molecule has 98 valence electrons. The van der Waals surface area contributed by atoms with E-state index in [1.54, 1.807) is 0 Å². The van der Waals surface area contributed by atoms with Crippen molar-refractivity contribution in [3.05, 3.63) is 33.9 Å². The van der Waals surface area contributed by atoms with Crippen molar-refractivity contribution in [2.75, 3.05) is 7.11 Å². The molecule has 1 fully saturated rings. The topological polar surface area (TPSA) is 78.4 Å². The molecule has 1 aromatic carbocycles. The number of nitro groups is 1. The van der Waals surface area contributed by atoms with Crippen LogP contribution in [-0.4, -0.2) is 18.0 Å². The Morgan fingerprint density at radius 1 is 1.44 bits per heavy atom. The smallest absolute Gasteiger partial charge is 0.315 e. The Morgan fingerprint density at radius 2 is 2.06 bits per heavy atom. The number of nitrogens with two attached hydrogens (primary N) is 1. The molecular formula is C11H12F2N2O3. The monoisotopic (exact) mass is 258 g/mol. The van der Waals surface area contributed by atoms with Crippen LogP contribution in [0.5, 0.6) is 5.75 Å². The molecule has 0 amide bonds. The standard InChI is InChI=1S/C11H12F2N2O3/c1-18-8-4-2-3-7(9(8)15(16)17)10(14)5-11(12,13)6-10/h2-4H,5-6,14H2,1H3. The first-order chi connectivity index (χ1) is 8.29. The van der Waals surface area contributed by atoms with E-state index in [1.807, 2.05) is 0 Å². The number of halogens is 2. The number of rotatable bonds is 3. The number of alkyl halides is 2. The Bertz CT molecular complexity index is 497. The third-order valence-corrected chi connectivity index (χ3v) is 3.09. The summed E-state index contributed by atoms with van der Waals surface area (Å²) < 4.78 is 30.8. The highest BCUT2D eigenvalue weighted by molar-refractivity contribution is 5.56. The maximum absolute atomic E-state index is 13.0. The van der Waals surface area contributed by atoms with E-state index in [4.69, 9.17) is 10.5 Å². The van der Waals surface area contributed by atoms with Gasteiger partial charge < -0.3 is 10.5 Å². The van der Waals surface area contributed by atoms with Gasteiger partial charge in [0.25, 0.3) is 5.92 Å². The molecule has 0 atom stereocenters. The van der Waals surface area contributed by atoms with Gasteiger partial charge in [0.05, 0.1) is 23.1 Å². The van der Waals surface area contributed by atoms with Gasteiger partial charge >= 0.3 is 5.69 Å². The molecule has 0 bridgehead atoms. The summed E-state index contributed by atoms with van der Waals surface area (Å²) in [6.45, 7) is 0. The molecule has 1 saturated carbocycles. The largest absolute Gasteiger partial charge is 0.490 e. The number of methoxy groups -OCH3 is 1. The first-order valence-electron chi connectivity index (χ1n) is 5.28. The lowest BCUT2D eigenvalue weighted by atomic mass is 9.69. The summed E-state index contributed by atoms with van der Waals surface area (Å²) in [7, 11) is 1.28. The highest BCUT2D eigenvalue weighted by Crippen LogP contribution is 2.53. The summed E-state index contributed by atoms with van der Waals surface area (Å²) in [4.78, 5) is 10.4. The van der Waals surface area contributed by atoms with Gasteiger partial charge in [-0.1, -0.05) is 6.07 Å². The molecule has 0 aliphatic heterocycles. The molecule has 1 aromatic rings. The zero-order chi connectivity index (χ0) is 13.6. The molecule has 0 heterocycles. The predicted molar refractivity (Wildman–Crippen MR) is 59.7 cm³/mol. The second-order valence-corrected chi connectivity index (χ2v) is 4.48. The van der Waals surface area contributed by atoms with Crippen molar-refractivity contribution in [3.8, 4) is 5.75 Å². The maximum atomic E-state index is 13.0. The van der Waals surface area contributed by atoms with Gasteiger partial charge in [-0.05, 0) is 12.1 Å². The van der Waals surface area contributed by atoms with Crippen LogP contribution >= 0.6 is 0 Å². The molecule has 1 aliphatic carbocycles. The Kier molecular flexibility index (Phi) is 2.73. The van der Waals surface area contributed by atoms with Gasteiger partial charge in [-0.15, -0.1) is 0 Å². The van der Waals surface area contributed by atoms with E-state index in [1.165, 1.54) is 25.3 Å². The number of nitro benzene ring substituents is 1. The summed E-state index contributed by atoms with van der Waals surface area (Å²) >= 11 is 0. The van der Waals surface area contributed by atoms with Crippen LogP contribution < -0.4 is 10.5 Å². The third-order valence-electron chi connectivity index (χ3n) is 3.09. The normalized spacial score (nSPS) is 20.0. The van der Waals surface area contributed by atoms with E-state index in [0.717, 1.165) is 0 Å². The van der Waals surface area contributed by atoms with Crippen LogP contribution in [0.2, 0.25) is 0 Å². The van der Waals surface area contributed by atoms with E-state index in [-0.39, 0.29) is 17.0 Å². The number of ether oxygens (including phenoxy) is 1. The van der Waals surface area contributed by atoms with E-state index in [2.05, 4.69) is 0 Å². The molecule has 2 N–H and O–H groups in total. The molecule has 0 saturated heterocycles. The molecule has 0 spiro atoms. The Labute approximate surface area is 102 Å². The van der Waals surface area contributed by atoms with Crippen LogP contribution in [0.25, 0.3) is 0 Å². The zero-order valence-electron chi connectivity index (χ0n) is 9.65. The predicted octanol–water partition coefficient (Wildman–Crippen LogP) is 2.19. The number of benzene rings is 1. The molecule has 18 heavy (non-hydrogen) atoms. The Hall–Kier alpha value is -1.76. The Morgan fingerprint density at radius 3 is 2.50 bits per heavy atom. The van der Waals surface area contributed by atoms with Crippen molar-refractivity contribution in [1.82, 2.24) is 0 Å². The van der Waals surface area contributed by atoms with Gasteiger partial charge in [0, 0.05) is 12.8 Å². The molecule has 5 nitrogen and oxygen atoms in total. The molecule has 7 heteroatoms. The minimum atomic E-state index is -2.86. The molecular weight excluding hydrogens is 246 g/mol. The number of para-hydroxylation sites is 1. The van der Waals surface area contributed by atoms with Gasteiger partial charge in [0.15, 0.2) is 5.75 Å². The van der Waals surface area contributed by atoms with E-state index >= 15 is 0 Å². The fraction of sp³-hybridized carbons (Fsp3) is 0.455. The number of nitrogens with zero attached hydrogens (tertiary/aromatic N) is 1. The van der Waals surface area contributed by atoms with Crippen molar-refractivity contribution in [2.45, 2.75) is 24.3 Å². The van der Waals surface area contributed by atoms with E-state index in [9.17, 15) is 18.9 Å². The SMILES string of the molecule is COc1cccc(C2(N)CC(F)(F)C2)c1[N+](=O)[O-]. The third kappa shape index (κ3) is 1.90. The van der Waals surface area contributed by atoms with Crippen LogP contribution in [-0.2, 0) is 5.54 Å². The van der Waals surface area contributed by atoms with Gasteiger partial charge in [0.2, 0.25) is 0 Å². The quantitative estimate of drug-likeness (QED) is 0.665. The number of hydrogen-bond acceptors (Lipinski definition) is 4. The molecule has 2 rings (SSSR count). The fourth-order valence-electron chi connectivity index (χ4n) is 2.34. The summed E-state index contributed by atoms with van der Waals surface area (Å²) in [5, 5.41) is 11.0. The average Bonchev–Trinajstić information content (AvgIpc) is 2.24. The first-order valence-corrected chi connectivity index (χ1v) is 5.28. The lowest BCUT2D eigenvalue weighted by Gasteiger charge is -2.44. The highest BCUT2D eigenvalue weighted by atomic mass is 19.3. The van der Waals surface area contributed by atoms with Gasteiger partial charge in [-0.25, -0.2) is 8.78 Å². The minimum Gasteiger partial charge on any atom is -0.490 e. The second-order valence-electron chi connectivity index (χ2n) is 4.48. The first kappa shape index (κ1) is 12.7. The summed E-state index contributed by atoms with van der Waals surface area (Å²) in [5.74, 6) is -2.83. The maximum Gasteiger partial charge on any atom is 0.315 e. The molecule has 1 aliphatic rings. The van der Waals surface area contributed by atoms with Crippen LogP contribution in [0.3, 0.4) is 0 Å². The van der Waals surface area contributed by atoms with Gasteiger partial charge in [0.1, 0.15) is 0 Å². The second kappa shape index (κ2) is 3.88. The highest BCUT2D eigenvalue weighted by Gasteiger charge is 2.57. The van der Waals surface area contributed by atoms with Gasteiger partial charge in [-0.3, -0.25) is 10.1 Å². The fourth-order valence-corrected chi connectivity index (χ4v) is 2.34. The van der Waals surface area contributed by atoms with E-state index < -0.39 is 29.2 Å². The summed E-state index contributed by atoms with van der Waals surface area (Å²) in [6.07, 6.45) is -1.18. The van der Waals surface area contributed by atoms with E-state index in [0.29, 0.717) is 0 Å². The zero-order valence-corrected chi connectivity index (χ0v) is 9.65. The summed E-state index contributed by atoms with van der Waals surface area (Å²) in [5.41, 5.74) is 4.22.